The SMILES string of the molecule is Cc1cccc(-n2c(O)c3c(c2O)C(C)C=CC3)c1. The van der Waals surface area contributed by atoms with Crippen LogP contribution in [0.4, 0.5) is 0 Å². The molecule has 0 amide bonds. The van der Waals surface area contributed by atoms with Crippen molar-refractivity contribution in [3.8, 4) is 17.4 Å². The zero-order chi connectivity index (χ0) is 13.6. The second kappa shape index (κ2) is 4.19. The van der Waals surface area contributed by atoms with E-state index in [0.717, 1.165) is 22.4 Å². The second-order valence-electron chi connectivity index (χ2n) is 5.13. The molecular weight excluding hydrogens is 238 g/mol. The van der Waals surface area contributed by atoms with Crippen molar-refractivity contribution < 1.29 is 10.2 Å². The average Bonchev–Trinajstić information content (AvgIpc) is 2.63. The minimum Gasteiger partial charge on any atom is -0.494 e. The Bertz CT molecular complexity index is 668. The van der Waals surface area contributed by atoms with Gasteiger partial charge in [-0.2, -0.15) is 0 Å². The van der Waals surface area contributed by atoms with Crippen LogP contribution < -0.4 is 0 Å². The number of fused-ring (bicyclic) bond motifs is 1. The summed E-state index contributed by atoms with van der Waals surface area (Å²) >= 11 is 0. The van der Waals surface area contributed by atoms with Gasteiger partial charge in [0.25, 0.3) is 0 Å². The van der Waals surface area contributed by atoms with Gasteiger partial charge in [-0.15, -0.1) is 0 Å². The molecule has 1 aromatic carbocycles. The molecule has 1 aliphatic rings. The van der Waals surface area contributed by atoms with Crippen LogP contribution in [0.3, 0.4) is 0 Å². The molecule has 19 heavy (non-hydrogen) atoms. The molecule has 1 atom stereocenters. The predicted molar refractivity (Wildman–Crippen MR) is 75.1 cm³/mol. The largest absolute Gasteiger partial charge is 0.494 e. The number of aromatic nitrogens is 1. The summed E-state index contributed by atoms with van der Waals surface area (Å²) in [6.07, 6.45) is 4.76. The maximum absolute atomic E-state index is 10.4. The smallest absolute Gasteiger partial charge is 0.202 e. The van der Waals surface area contributed by atoms with Crippen molar-refractivity contribution in [3.63, 3.8) is 0 Å². The molecule has 3 nitrogen and oxygen atoms in total. The molecule has 1 heterocycles. The molecule has 0 bridgehead atoms. The van der Waals surface area contributed by atoms with Gasteiger partial charge in [-0.25, -0.2) is 0 Å². The summed E-state index contributed by atoms with van der Waals surface area (Å²) < 4.78 is 1.53. The molecule has 0 radical (unpaired) electrons. The molecule has 1 unspecified atom stereocenters. The Balaban J connectivity index is 2.24. The topological polar surface area (TPSA) is 45.4 Å². The van der Waals surface area contributed by atoms with Crippen molar-refractivity contribution in [1.82, 2.24) is 4.57 Å². The van der Waals surface area contributed by atoms with Crippen LogP contribution in [0.15, 0.2) is 36.4 Å². The van der Waals surface area contributed by atoms with Crippen molar-refractivity contribution in [2.75, 3.05) is 0 Å². The average molecular weight is 255 g/mol. The Kier molecular flexibility index (Phi) is 2.63. The van der Waals surface area contributed by atoms with Gasteiger partial charge in [0.15, 0.2) is 0 Å². The molecule has 3 rings (SSSR count). The Labute approximate surface area is 112 Å². The summed E-state index contributed by atoms with van der Waals surface area (Å²) in [6.45, 7) is 4.01. The highest BCUT2D eigenvalue weighted by molar-refractivity contribution is 5.57. The lowest BCUT2D eigenvalue weighted by molar-refractivity contribution is 0.399. The van der Waals surface area contributed by atoms with Crippen molar-refractivity contribution in [1.29, 1.82) is 0 Å². The number of hydrogen-bond donors (Lipinski definition) is 2. The van der Waals surface area contributed by atoms with E-state index in [1.807, 2.05) is 44.2 Å². The van der Waals surface area contributed by atoms with E-state index in [0.29, 0.717) is 6.42 Å². The fourth-order valence-electron chi connectivity index (χ4n) is 2.79. The highest BCUT2D eigenvalue weighted by Gasteiger charge is 2.27. The van der Waals surface area contributed by atoms with E-state index < -0.39 is 0 Å². The molecule has 0 aliphatic heterocycles. The van der Waals surface area contributed by atoms with Gasteiger partial charge in [0.2, 0.25) is 11.8 Å². The summed E-state index contributed by atoms with van der Waals surface area (Å²) in [5.74, 6) is 0.421. The summed E-state index contributed by atoms with van der Waals surface area (Å²) in [4.78, 5) is 0. The Morgan fingerprint density at radius 2 is 2.00 bits per heavy atom. The first kappa shape index (κ1) is 11.9. The minimum atomic E-state index is 0.126. The monoisotopic (exact) mass is 255 g/mol. The zero-order valence-corrected chi connectivity index (χ0v) is 11.1. The predicted octanol–water partition coefficient (Wildman–Crippen LogP) is 3.41. The van der Waals surface area contributed by atoms with Crippen LogP contribution in [-0.2, 0) is 6.42 Å². The van der Waals surface area contributed by atoms with Crippen LogP contribution in [-0.4, -0.2) is 14.8 Å². The van der Waals surface area contributed by atoms with Crippen molar-refractivity contribution in [2.24, 2.45) is 0 Å². The van der Waals surface area contributed by atoms with Gasteiger partial charge >= 0.3 is 0 Å². The Hall–Kier alpha value is -2.16. The van der Waals surface area contributed by atoms with Crippen LogP contribution >= 0.6 is 0 Å². The maximum atomic E-state index is 10.4. The third-order valence-electron chi connectivity index (χ3n) is 3.72. The van der Waals surface area contributed by atoms with E-state index in [2.05, 4.69) is 6.08 Å². The van der Waals surface area contributed by atoms with Crippen LogP contribution in [0.2, 0.25) is 0 Å². The second-order valence-corrected chi connectivity index (χ2v) is 5.13. The van der Waals surface area contributed by atoms with Crippen LogP contribution in [0.25, 0.3) is 5.69 Å². The molecule has 0 saturated carbocycles. The minimum absolute atomic E-state index is 0.126. The highest BCUT2D eigenvalue weighted by Crippen LogP contribution is 2.43. The lowest BCUT2D eigenvalue weighted by atomic mass is 9.92. The Morgan fingerprint density at radius 3 is 2.68 bits per heavy atom. The lowest BCUT2D eigenvalue weighted by Crippen LogP contribution is -1.98. The van der Waals surface area contributed by atoms with Crippen molar-refractivity contribution in [3.05, 3.63) is 53.1 Å². The molecule has 2 aromatic rings. The third-order valence-corrected chi connectivity index (χ3v) is 3.72. The van der Waals surface area contributed by atoms with E-state index in [4.69, 9.17) is 0 Å². The quantitative estimate of drug-likeness (QED) is 0.767. The molecule has 1 aliphatic carbocycles. The number of nitrogens with zero attached hydrogens (tertiary/aromatic N) is 1. The number of allylic oxidation sites excluding steroid dienone is 2. The fraction of sp³-hybridized carbons (Fsp3) is 0.250. The van der Waals surface area contributed by atoms with Crippen LogP contribution in [0.5, 0.6) is 11.8 Å². The van der Waals surface area contributed by atoms with Gasteiger partial charge in [0.1, 0.15) is 0 Å². The molecular formula is C16H17NO2. The summed E-state index contributed by atoms with van der Waals surface area (Å²) in [5.41, 5.74) is 3.54. The molecule has 2 N–H and O–H groups in total. The number of aryl methyl sites for hydroxylation is 1. The standard InChI is InChI=1S/C16H17NO2/c1-10-5-3-7-12(9-10)17-15(18)13-8-4-6-11(2)14(13)16(17)19/h3-7,9,11,18-19H,8H2,1-2H3. The van der Waals surface area contributed by atoms with Crippen LogP contribution in [0.1, 0.15) is 29.5 Å². The number of rotatable bonds is 1. The molecule has 1 aromatic heterocycles. The number of benzene rings is 1. The van der Waals surface area contributed by atoms with Crippen molar-refractivity contribution in [2.45, 2.75) is 26.2 Å². The summed E-state index contributed by atoms with van der Waals surface area (Å²) in [6, 6.07) is 7.74. The number of hydrogen-bond acceptors (Lipinski definition) is 2. The lowest BCUT2D eigenvalue weighted by Gasteiger charge is -2.12. The first-order valence-corrected chi connectivity index (χ1v) is 6.48. The van der Waals surface area contributed by atoms with E-state index in [-0.39, 0.29) is 17.7 Å². The molecule has 0 fully saturated rings. The first-order chi connectivity index (χ1) is 9.09. The summed E-state index contributed by atoms with van der Waals surface area (Å²) in [5, 5.41) is 20.8. The maximum Gasteiger partial charge on any atom is 0.202 e. The van der Waals surface area contributed by atoms with E-state index >= 15 is 0 Å². The van der Waals surface area contributed by atoms with E-state index in [9.17, 15) is 10.2 Å². The fourth-order valence-corrected chi connectivity index (χ4v) is 2.79. The number of aromatic hydroxyl groups is 2. The van der Waals surface area contributed by atoms with Crippen molar-refractivity contribution >= 4 is 0 Å². The van der Waals surface area contributed by atoms with Gasteiger partial charge in [0.05, 0.1) is 5.69 Å². The van der Waals surface area contributed by atoms with E-state index in [1.165, 1.54) is 4.57 Å². The molecule has 98 valence electrons. The van der Waals surface area contributed by atoms with Gasteiger partial charge in [-0.3, -0.25) is 4.57 Å². The van der Waals surface area contributed by atoms with E-state index in [1.54, 1.807) is 0 Å². The van der Waals surface area contributed by atoms with Gasteiger partial charge < -0.3 is 10.2 Å². The van der Waals surface area contributed by atoms with Gasteiger partial charge in [0, 0.05) is 17.0 Å². The molecule has 0 spiro atoms. The first-order valence-electron chi connectivity index (χ1n) is 6.48. The molecule has 3 heteroatoms. The zero-order valence-electron chi connectivity index (χ0n) is 11.1. The summed E-state index contributed by atoms with van der Waals surface area (Å²) in [7, 11) is 0. The highest BCUT2D eigenvalue weighted by atomic mass is 16.3. The molecule has 0 saturated heterocycles. The van der Waals surface area contributed by atoms with Gasteiger partial charge in [-0.05, 0) is 31.0 Å². The van der Waals surface area contributed by atoms with Crippen LogP contribution in [0, 0.1) is 6.92 Å². The van der Waals surface area contributed by atoms with Gasteiger partial charge in [-0.1, -0.05) is 31.2 Å². The normalized spacial score (nSPS) is 17.5. The third kappa shape index (κ3) is 1.73. The Morgan fingerprint density at radius 1 is 1.21 bits per heavy atom.